The van der Waals surface area contributed by atoms with E-state index in [9.17, 15) is 5.11 Å². The molecule has 1 heterocycles. The highest BCUT2D eigenvalue weighted by Crippen LogP contribution is 2.34. The summed E-state index contributed by atoms with van der Waals surface area (Å²) in [5.74, 6) is 1.26. The number of pyridine rings is 1. The van der Waals surface area contributed by atoms with Gasteiger partial charge in [-0.25, -0.2) is 4.98 Å². The molecule has 2 rings (SSSR count). The van der Waals surface area contributed by atoms with Crippen molar-refractivity contribution in [1.29, 1.82) is 0 Å². The Morgan fingerprint density at radius 3 is 2.42 bits per heavy atom. The summed E-state index contributed by atoms with van der Waals surface area (Å²) in [6.07, 6.45) is 0.815. The molecule has 1 aromatic carbocycles. The lowest BCUT2D eigenvalue weighted by Gasteiger charge is -2.19. The van der Waals surface area contributed by atoms with E-state index in [0.717, 1.165) is 39.2 Å². The van der Waals surface area contributed by atoms with Crippen molar-refractivity contribution in [2.45, 2.75) is 40.2 Å². The van der Waals surface area contributed by atoms with Crippen LogP contribution >= 0.6 is 27.5 Å². The Labute approximate surface area is 156 Å². The van der Waals surface area contributed by atoms with E-state index in [-0.39, 0.29) is 12.6 Å². The normalized spacial score (nSPS) is 12.1. The number of halogens is 2. The van der Waals surface area contributed by atoms with Gasteiger partial charge in [-0.3, -0.25) is 0 Å². The SMILES string of the molecule is CCC(CO)Nc1cc(Oc2c(C)cc(Cl)cc2C)nc(C)c1Br. The molecule has 1 unspecified atom stereocenters. The van der Waals surface area contributed by atoms with Crippen molar-refractivity contribution in [1.82, 2.24) is 4.98 Å². The molecule has 0 saturated carbocycles. The molecule has 0 aliphatic heterocycles. The van der Waals surface area contributed by atoms with Gasteiger partial charge in [0.1, 0.15) is 5.75 Å². The Kier molecular flexibility index (Phi) is 6.49. The van der Waals surface area contributed by atoms with Gasteiger partial charge in [0, 0.05) is 17.1 Å². The number of aryl methyl sites for hydroxylation is 3. The van der Waals surface area contributed by atoms with E-state index in [2.05, 4.69) is 26.2 Å². The van der Waals surface area contributed by atoms with Gasteiger partial charge in [0.25, 0.3) is 0 Å². The Balaban J connectivity index is 2.37. The standard InChI is InChI=1S/C18H22BrClN2O2/c1-5-14(9-23)22-15-8-16(21-12(4)17(15)19)24-18-10(2)6-13(20)7-11(18)3/h6-8,14,23H,5,9H2,1-4H3,(H,21,22). The number of hydrogen-bond donors (Lipinski definition) is 2. The predicted molar refractivity (Wildman–Crippen MR) is 102 cm³/mol. The second-order valence-corrected chi connectivity index (χ2v) is 7.04. The number of aliphatic hydroxyl groups is 1. The summed E-state index contributed by atoms with van der Waals surface area (Å²) in [7, 11) is 0. The number of aliphatic hydroxyl groups excluding tert-OH is 1. The van der Waals surface area contributed by atoms with Crippen molar-refractivity contribution in [3.05, 3.63) is 44.5 Å². The summed E-state index contributed by atoms with van der Waals surface area (Å²) in [6.45, 7) is 7.91. The molecule has 0 aliphatic rings. The Bertz CT molecular complexity index is 710. The van der Waals surface area contributed by atoms with Crippen molar-refractivity contribution >= 4 is 33.2 Å². The monoisotopic (exact) mass is 412 g/mol. The van der Waals surface area contributed by atoms with E-state index in [1.54, 1.807) is 0 Å². The van der Waals surface area contributed by atoms with Crippen molar-refractivity contribution in [2.75, 3.05) is 11.9 Å². The number of ether oxygens (including phenoxy) is 1. The minimum atomic E-state index is -0.0186. The summed E-state index contributed by atoms with van der Waals surface area (Å²) < 4.78 is 6.89. The van der Waals surface area contributed by atoms with Crippen LogP contribution in [0.15, 0.2) is 22.7 Å². The summed E-state index contributed by atoms with van der Waals surface area (Å²) in [5.41, 5.74) is 3.58. The third kappa shape index (κ3) is 4.41. The van der Waals surface area contributed by atoms with Gasteiger partial charge in [0.05, 0.1) is 22.5 Å². The maximum Gasteiger partial charge on any atom is 0.221 e. The fourth-order valence-electron chi connectivity index (χ4n) is 2.45. The first-order valence-corrected chi connectivity index (χ1v) is 9.01. The molecule has 0 amide bonds. The van der Waals surface area contributed by atoms with Crippen LogP contribution in [0.5, 0.6) is 11.6 Å². The van der Waals surface area contributed by atoms with E-state index in [1.807, 2.05) is 45.9 Å². The number of anilines is 1. The van der Waals surface area contributed by atoms with Crippen LogP contribution in [0.4, 0.5) is 5.69 Å². The fourth-order valence-corrected chi connectivity index (χ4v) is 3.09. The van der Waals surface area contributed by atoms with E-state index in [4.69, 9.17) is 16.3 Å². The average molecular weight is 414 g/mol. The molecule has 0 fully saturated rings. The maximum absolute atomic E-state index is 9.41. The van der Waals surface area contributed by atoms with Crippen LogP contribution in [0.3, 0.4) is 0 Å². The second-order valence-electron chi connectivity index (χ2n) is 5.81. The predicted octanol–water partition coefficient (Wildman–Crippen LogP) is 5.40. The van der Waals surface area contributed by atoms with Gasteiger partial charge in [0.2, 0.25) is 5.88 Å². The van der Waals surface area contributed by atoms with Crippen LogP contribution < -0.4 is 10.1 Å². The van der Waals surface area contributed by atoms with Crippen LogP contribution in [0.25, 0.3) is 0 Å². The number of rotatable bonds is 6. The molecule has 0 bridgehead atoms. The quantitative estimate of drug-likeness (QED) is 0.666. The van der Waals surface area contributed by atoms with Crippen LogP contribution in [0, 0.1) is 20.8 Å². The molecule has 6 heteroatoms. The fraction of sp³-hybridized carbons (Fsp3) is 0.389. The Hall–Kier alpha value is -1.30. The second kappa shape index (κ2) is 8.19. The highest BCUT2D eigenvalue weighted by atomic mass is 79.9. The first-order valence-electron chi connectivity index (χ1n) is 7.84. The molecule has 2 aromatic rings. The zero-order valence-corrected chi connectivity index (χ0v) is 16.6. The lowest BCUT2D eigenvalue weighted by atomic mass is 10.1. The van der Waals surface area contributed by atoms with E-state index in [0.29, 0.717) is 10.9 Å². The molecule has 4 nitrogen and oxygen atoms in total. The molecule has 0 spiro atoms. The molecule has 2 N–H and O–H groups in total. The zero-order valence-electron chi connectivity index (χ0n) is 14.3. The van der Waals surface area contributed by atoms with Crippen molar-refractivity contribution < 1.29 is 9.84 Å². The lowest BCUT2D eigenvalue weighted by molar-refractivity contribution is 0.271. The highest BCUT2D eigenvalue weighted by molar-refractivity contribution is 9.10. The number of aromatic nitrogens is 1. The topological polar surface area (TPSA) is 54.4 Å². The van der Waals surface area contributed by atoms with Crippen LogP contribution in [-0.2, 0) is 0 Å². The first kappa shape index (κ1) is 19.0. The van der Waals surface area contributed by atoms with Crippen LogP contribution in [0.2, 0.25) is 5.02 Å². The summed E-state index contributed by atoms with van der Waals surface area (Å²) in [4.78, 5) is 4.49. The highest BCUT2D eigenvalue weighted by Gasteiger charge is 2.14. The number of nitrogens with zero attached hydrogens (tertiary/aromatic N) is 1. The smallest absolute Gasteiger partial charge is 0.221 e. The summed E-state index contributed by atoms with van der Waals surface area (Å²) in [5, 5.41) is 13.4. The third-order valence-corrected chi connectivity index (χ3v) is 5.02. The zero-order chi connectivity index (χ0) is 17.9. The van der Waals surface area contributed by atoms with Crippen LogP contribution in [-0.4, -0.2) is 22.7 Å². The molecular weight excluding hydrogens is 392 g/mol. The Morgan fingerprint density at radius 1 is 1.25 bits per heavy atom. The number of hydrogen-bond acceptors (Lipinski definition) is 4. The third-order valence-electron chi connectivity index (χ3n) is 3.80. The number of nitrogens with one attached hydrogen (secondary N) is 1. The minimum absolute atomic E-state index is 0.0186. The van der Waals surface area contributed by atoms with Crippen LogP contribution in [0.1, 0.15) is 30.2 Å². The maximum atomic E-state index is 9.41. The molecule has 0 saturated heterocycles. The lowest BCUT2D eigenvalue weighted by Crippen LogP contribution is -2.23. The molecule has 24 heavy (non-hydrogen) atoms. The van der Waals surface area contributed by atoms with Gasteiger partial charge < -0.3 is 15.2 Å². The van der Waals surface area contributed by atoms with Crippen molar-refractivity contribution in [2.24, 2.45) is 0 Å². The summed E-state index contributed by atoms with van der Waals surface area (Å²) in [6, 6.07) is 5.56. The van der Waals surface area contributed by atoms with Gasteiger partial charge in [-0.2, -0.15) is 0 Å². The molecule has 0 radical (unpaired) electrons. The largest absolute Gasteiger partial charge is 0.438 e. The van der Waals surface area contributed by atoms with Gasteiger partial charge in [-0.1, -0.05) is 18.5 Å². The van der Waals surface area contributed by atoms with E-state index >= 15 is 0 Å². The summed E-state index contributed by atoms with van der Waals surface area (Å²) >= 11 is 9.62. The van der Waals surface area contributed by atoms with Crippen molar-refractivity contribution in [3.63, 3.8) is 0 Å². The number of benzene rings is 1. The average Bonchev–Trinajstić information content (AvgIpc) is 2.52. The Morgan fingerprint density at radius 2 is 1.88 bits per heavy atom. The first-order chi connectivity index (χ1) is 11.3. The van der Waals surface area contributed by atoms with E-state index < -0.39 is 0 Å². The van der Waals surface area contributed by atoms with E-state index in [1.165, 1.54) is 0 Å². The van der Waals surface area contributed by atoms with Gasteiger partial charge in [-0.15, -0.1) is 0 Å². The van der Waals surface area contributed by atoms with Gasteiger partial charge in [0.15, 0.2) is 0 Å². The molecule has 1 aromatic heterocycles. The molecular formula is C18H22BrClN2O2. The van der Waals surface area contributed by atoms with Gasteiger partial charge >= 0.3 is 0 Å². The molecule has 0 aliphatic carbocycles. The van der Waals surface area contributed by atoms with Crippen molar-refractivity contribution in [3.8, 4) is 11.6 Å². The molecule has 1 atom stereocenters. The van der Waals surface area contributed by atoms with Gasteiger partial charge in [-0.05, 0) is 66.4 Å². The molecule has 130 valence electrons. The minimum Gasteiger partial charge on any atom is -0.438 e.